The van der Waals surface area contributed by atoms with Crippen molar-refractivity contribution in [2.75, 3.05) is 12.3 Å². The topological polar surface area (TPSA) is 63.2 Å². The molecule has 0 aliphatic heterocycles. The van der Waals surface area contributed by atoms with E-state index in [0.29, 0.717) is 6.54 Å². The molecule has 0 spiro atoms. The van der Waals surface area contributed by atoms with E-state index in [4.69, 9.17) is 0 Å². The zero-order chi connectivity index (χ0) is 16.1. The Bertz CT molecular complexity index is 569. The van der Waals surface area contributed by atoms with Gasteiger partial charge in [0.1, 0.15) is 0 Å². The first-order valence-electron chi connectivity index (χ1n) is 7.20. The molecule has 0 aromatic heterocycles. The SMILES string of the molecule is CCNC(=O)CCS(=O)(=O)Cc1ccc(C(C)(C)C)cc1. The van der Waals surface area contributed by atoms with Crippen LogP contribution in [0, 0.1) is 0 Å². The largest absolute Gasteiger partial charge is 0.356 e. The van der Waals surface area contributed by atoms with E-state index in [1.54, 1.807) is 0 Å². The molecule has 0 bridgehead atoms. The van der Waals surface area contributed by atoms with E-state index in [2.05, 4.69) is 26.1 Å². The Hall–Kier alpha value is -1.36. The standard InChI is InChI=1S/C16H25NO3S/c1-5-17-15(18)10-11-21(19,20)12-13-6-8-14(9-7-13)16(2,3)4/h6-9H,5,10-12H2,1-4H3,(H,17,18). The van der Waals surface area contributed by atoms with Gasteiger partial charge in [-0.3, -0.25) is 4.79 Å². The average Bonchev–Trinajstić information content (AvgIpc) is 2.36. The summed E-state index contributed by atoms with van der Waals surface area (Å²) in [7, 11) is -3.26. The Balaban J connectivity index is 2.65. The summed E-state index contributed by atoms with van der Waals surface area (Å²) in [6.07, 6.45) is 0.0241. The van der Waals surface area contributed by atoms with Crippen LogP contribution in [0.2, 0.25) is 0 Å². The lowest BCUT2D eigenvalue weighted by atomic mass is 9.87. The van der Waals surface area contributed by atoms with Crippen molar-refractivity contribution in [3.8, 4) is 0 Å². The lowest BCUT2D eigenvalue weighted by Gasteiger charge is -2.19. The minimum atomic E-state index is -3.26. The number of amides is 1. The van der Waals surface area contributed by atoms with E-state index in [-0.39, 0.29) is 29.2 Å². The Morgan fingerprint density at radius 1 is 1.14 bits per heavy atom. The number of benzene rings is 1. The van der Waals surface area contributed by atoms with Crippen LogP contribution < -0.4 is 5.32 Å². The van der Waals surface area contributed by atoms with Crippen molar-refractivity contribution in [3.63, 3.8) is 0 Å². The highest BCUT2D eigenvalue weighted by Crippen LogP contribution is 2.22. The van der Waals surface area contributed by atoms with Gasteiger partial charge in [-0.1, -0.05) is 45.0 Å². The Morgan fingerprint density at radius 2 is 1.71 bits per heavy atom. The Labute approximate surface area is 127 Å². The van der Waals surface area contributed by atoms with Crippen molar-refractivity contribution in [1.82, 2.24) is 5.32 Å². The maximum Gasteiger partial charge on any atom is 0.221 e. The molecule has 0 heterocycles. The summed E-state index contributed by atoms with van der Waals surface area (Å²) in [5, 5.41) is 2.60. The Kier molecular flexibility index (Phi) is 5.96. The minimum absolute atomic E-state index is 0.0170. The fourth-order valence-electron chi connectivity index (χ4n) is 1.96. The summed E-state index contributed by atoms with van der Waals surface area (Å²) >= 11 is 0. The molecule has 0 fully saturated rings. The summed E-state index contributed by atoms with van der Waals surface area (Å²) in [6.45, 7) is 8.68. The van der Waals surface area contributed by atoms with Crippen molar-refractivity contribution in [3.05, 3.63) is 35.4 Å². The molecule has 1 aromatic rings. The molecular weight excluding hydrogens is 286 g/mol. The van der Waals surface area contributed by atoms with Gasteiger partial charge in [-0.05, 0) is 23.5 Å². The highest BCUT2D eigenvalue weighted by molar-refractivity contribution is 7.90. The zero-order valence-electron chi connectivity index (χ0n) is 13.3. The van der Waals surface area contributed by atoms with Crippen LogP contribution in [0.3, 0.4) is 0 Å². The van der Waals surface area contributed by atoms with Crippen LogP contribution in [-0.2, 0) is 25.8 Å². The quantitative estimate of drug-likeness (QED) is 0.877. The first-order chi connectivity index (χ1) is 9.64. The third-order valence-corrected chi connectivity index (χ3v) is 4.82. The third kappa shape index (κ3) is 6.29. The van der Waals surface area contributed by atoms with Crippen LogP contribution >= 0.6 is 0 Å². The average molecular weight is 311 g/mol. The van der Waals surface area contributed by atoms with Gasteiger partial charge in [0.15, 0.2) is 9.84 Å². The van der Waals surface area contributed by atoms with E-state index < -0.39 is 9.84 Å². The fourth-order valence-corrected chi connectivity index (χ4v) is 3.30. The summed E-state index contributed by atoms with van der Waals surface area (Å²) < 4.78 is 24.0. The molecule has 0 saturated carbocycles. The monoisotopic (exact) mass is 311 g/mol. The van der Waals surface area contributed by atoms with Gasteiger partial charge >= 0.3 is 0 Å². The predicted octanol–water partition coefficient (Wildman–Crippen LogP) is 2.43. The van der Waals surface area contributed by atoms with Gasteiger partial charge in [0.25, 0.3) is 0 Å². The van der Waals surface area contributed by atoms with Gasteiger partial charge in [0, 0.05) is 13.0 Å². The van der Waals surface area contributed by atoms with Crippen molar-refractivity contribution in [1.29, 1.82) is 0 Å². The van der Waals surface area contributed by atoms with E-state index in [0.717, 1.165) is 5.56 Å². The number of rotatable bonds is 6. The molecule has 118 valence electrons. The van der Waals surface area contributed by atoms with Gasteiger partial charge < -0.3 is 5.32 Å². The molecule has 0 radical (unpaired) electrons. The number of carbonyl (C=O) groups is 1. The highest BCUT2D eigenvalue weighted by atomic mass is 32.2. The van der Waals surface area contributed by atoms with Gasteiger partial charge in [-0.25, -0.2) is 8.42 Å². The molecule has 1 aromatic carbocycles. The molecule has 0 atom stereocenters. The summed E-state index contributed by atoms with van der Waals surface area (Å²) in [5.41, 5.74) is 1.99. The van der Waals surface area contributed by atoms with E-state index in [9.17, 15) is 13.2 Å². The van der Waals surface area contributed by atoms with Crippen LogP contribution in [0.1, 0.15) is 45.2 Å². The summed E-state index contributed by atoms with van der Waals surface area (Å²) in [4.78, 5) is 11.3. The molecule has 0 aliphatic rings. The second-order valence-electron chi connectivity index (χ2n) is 6.24. The summed E-state index contributed by atoms with van der Waals surface area (Å²) in [6, 6.07) is 7.64. The maximum absolute atomic E-state index is 12.0. The molecule has 0 aliphatic carbocycles. The molecule has 1 amide bonds. The van der Waals surface area contributed by atoms with E-state index >= 15 is 0 Å². The van der Waals surface area contributed by atoms with Crippen LogP contribution in [0.25, 0.3) is 0 Å². The zero-order valence-corrected chi connectivity index (χ0v) is 14.1. The van der Waals surface area contributed by atoms with Gasteiger partial charge in [-0.15, -0.1) is 0 Å². The lowest BCUT2D eigenvalue weighted by molar-refractivity contribution is -0.120. The normalized spacial score (nSPS) is 12.2. The second kappa shape index (κ2) is 7.07. The number of carbonyl (C=O) groups excluding carboxylic acids is 1. The molecule has 4 nitrogen and oxygen atoms in total. The minimum Gasteiger partial charge on any atom is -0.356 e. The molecule has 21 heavy (non-hydrogen) atoms. The molecule has 5 heteroatoms. The number of sulfone groups is 1. The van der Waals surface area contributed by atoms with Gasteiger partial charge in [0.2, 0.25) is 5.91 Å². The number of hydrogen-bond donors (Lipinski definition) is 1. The Morgan fingerprint density at radius 3 is 2.19 bits per heavy atom. The second-order valence-corrected chi connectivity index (χ2v) is 8.43. The predicted molar refractivity (Wildman–Crippen MR) is 85.9 cm³/mol. The molecule has 0 unspecified atom stereocenters. The van der Waals surface area contributed by atoms with Crippen LogP contribution in [0.5, 0.6) is 0 Å². The smallest absolute Gasteiger partial charge is 0.221 e. The number of nitrogens with one attached hydrogen (secondary N) is 1. The van der Waals surface area contributed by atoms with Gasteiger partial charge in [-0.2, -0.15) is 0 Å². The summed E-state index contributed by atoms with van der Waals surface area (Å²) in [5.74, 6) is -0.347. The number of hydrogen-bond acceptors (Lipinski definition) is 3. The lowest BCUT2D eigenvalue weighted by Crippen LogP contribution is -2.25. The molecule has 0 saturated heterocycles. The van der Waals surface area contributed by atoms with Gasteiger partial charge in [0.05, 0.1) is 11.5 Å². The van der Waals surface area contributed by atoms with Crippen LogP contribution in [-0.4, -0.2) is 26.6 Å². The fraction of sp³-hybridized carbons (Fsp3) is 0.562. The third-order valence-electron chi connectivity index (χ3n) is 3.22. The van der Waals surface area contributed by atoms with Crippen LogP contribution in [0.4, 0.5) is 0 Å². The van der Waals surface area contributed by atoms with Crippen LogP contribution in [0.15, 0.2) is 24.3 Å². The van der Waals surface area contributed by atoms with E-state index in [1.807, 2.05) is 31.2 Å². The highest BCUT2D eigenvalue weighted by Gasteiger charge is 2.16. The van der Waals surface area contributed by atoms with Crippen molar-refractivity contribution in [2.45, 2.75) is 45.3 Å². The molecular formula is C16H25NO3S. The van der Waals surface area contributed by atoms with Crippen molar-refractivity contribution in [2.24, 2.45) is 0 Å². The van der Waals surface area contributed by atoms with Crippen molar-refractivity contribution >= 4 is 15.7 Å². The van der Waals surface area contributed by atoms with Crippen molar-refractivity contribution < 1.29 is 13.2 Å². The first kappa shape index (κ1) is 17.7. The molecule has 1 N–H and O–H groups in total. The van der Waals surface area contributed by atoms with E-state index in [1.165, 1.54) is 5.56 Å². The molecule has 1 rings (SSSR count). The first-order valence-corrected chi connectivity index (χ1v) is 9.03. The maximum atomic E-state index is 12.0.